The summed E-state index contributed by atoms with van der Waals surface area (Å²) in [5.74, 6) is 0. The average molecular weight is 181 g/mol. The van der Waals surface area contributed by atoms with Gasteiger partial charge in [0.15, 0.2) is 0 Å². The molecular weight excluding hydrogens is 173 g/mol. The van der Waals surface area contributed by atoms with E-state index in [0.717, 1.165) is 10.1 Å². The molecule has 3 heteroatoms. The maximum Gasteiger partial charge on any atom is 0.116 e. The van der Waals surface area contributed by atoms with E-state index in [0.29, 0.717) is 11.3 Å². The topological polar surface area (TPSA) is 26.0 Å². The fourth-order valence-corrected chi connectivity index (χ4v) is 2.26. The number of hydrogen-bond donors (Lipinski definition) is 1. The SMILES string of the molecule is Nc1cccc2scc(CF)c12. The van der Waals surface area contributed by atoms with E-state index in [9.17, 15) is 4.39 Å². The van der Waals surface area contributed by atoms with Gasteiger partial charge in [-0.05, 0) is 17.5 Å². The molecule has 0 saturated heterocycles. The van der Waals surface area contributed by atoms with Gasteiger partial charge in [0, 0.05) is 21.3 Å². The molecule has 12 heavy (non-hydrogen) atoms. The lowest BCUT2D eigenvalue weighted by Gasteiger charge is -1.96. The summed E-state index contributed by atoms with van der Waals surface area (Å²) in [6.45, 7) is -0.436. The van der Waals surface area contributed by atoms with Gasteiger partial charge in [-0.1, -0.05) is 6.07 Å². The maximum atomic E-state index is 12.4. The lowest BCUT2D eigenvalue weighted by Crippen LogP contribution is -1.86. The second-order valence-corrected chi connectivity index (χ2v) is 3.53. The Hall–Kier alpha value is -1.09. The van der Waals surface area contributed by atoms with E-state index < -0.39 is 6.67 Å². The van der Waals surface area contributed by atoms with Gasteiger partial charge in [-0.25, -0.2) is 4.39 Å². The van der Waals surface area contributed by atoms with Crippen molar-refractivity contribution >= 4 is 27.1 Å². The second kappa shape index (κ2) is 2.75. The monoisotopic (exact) mass is 181 g/mol. The molecule has 0 unspecified atom stereocenters. The molecule has 0 saturated carbocycles. The highest BCUT2D eigenvalue weighted by Gasteiger charge is 2.05. The highest BCUT2D eigenvalue weighted by molar-refractivity contribution is 7.17. The smallest absolute Gasteiger partial charge is 0.116 e. The first-order valence-corrected chi connectivity index (χ1v) is 4.51. The van der Waals surface area contributed by atoms with Crippen LogP contribution in [0.1, 0.15) is 5.56 Å². The number of benzene rings is 1. The summed E-state index contributed by atoms with van der Waals surface area (Å²) < 4.78 is 13.5. The van der Waals surface area contributed by atoms with E-state index in [1.54, 1.807) is 6.07 Å². The molecule has 2 N–H and O–H groups in total. The number of nitrogen functional groups attached to an aromatic ring is 1. The van der Waals surface area contributed by atoms with Crippen LogP contribution in [0.15, 0.2) is 23.6 Å². The highest BCUT2D eigenvalue weighted by atomic mass is 32.1. The zero-order valence-corrected chi connectivity index (χ0v) is 7.20. The quantitative estimate of drug-likeness (QED) is 0.672. The van der Waals surface area contributed by atoms with Gasteiger partial charge in [0.2, 0.25) is 0 Å². The van der Waals surface area contributed by atoms with Crippen LogP contribution in [0.25, 0.3) is 10.1 Å². The molecule has 0 aliphatic carbocycles. The molecule has 0 atom stereocenters. The predicted molar refractivity (Wildman–Crippen MR) is 51.0 cm³/mol. The minimum absolute atomic E-state index is 0.436. The largest absolute Gasteiger partial charge is 0.398 e. The van der Waals surface area contributed by atoms with Crippen LogP contribution < -0.4 is 5.73 Å². The van der Waals surface area contributed by atoms with Gasteiger partial charge in [-0.15, -0.1) is 11.3 Å². The van der Waals surface area contributed by atoms with Gasteiger partial charge in [-0.2, -0.15) is 0 Å². The summed E-state index contributed by atoms with van der Waals surface area (Å²) in [4.78, 5) is 0. The zero-order chi connectivity index (χ0) is 8.55. The van der Waals surface area contributed by atoms with Crippen LogP contribution in [0, 0.1) is 0 Å². The number of nitrogens with two attached hydrogens (primary N) is 1. The van der Waals surface area contributed by atoms with E-state index in [2.05, 4.69) is 0 Å². The normalized spacial score (nSPS) is 10.8. The number of anilines is 1. The number of fused-ring (bicyclic) bond motifs is 1. The molecular formula is C9H8FNS. The van der Waals surface area contributed by atoms with Gasteiger partial charge in [0.1, 0.15) is 6.67 Å². The molecule has 1 nitrogen and oxygen atoms in total. The van der Waals surface area contributed by atoms with E-state index in [1.807, 2.05) is 17.5 Å². The van der Waals surface area contributed by atoms with Crippen LogP contribution in [0.2, 0.25) is 0 Å². The Bertz CT molecular complexity index is 408. The summed E-state index contributed by atoms with van der Waals surface area (Å²) in [6.07, 6.45) is 0. The number of hydrogen-bond acceptors (Lipinski definition) is 2. The Morgan fingerprint density at radius 3 is 3.00 bits per heavy atom. The van der Waals surface area contributed by atoms with Crippen LogP contribution in [0.3, 0.4) is 0 Å². The molecule has 0 aliphatic rings. The number of rotatable bonds is 1. The van der Waals surface area contributed by atoms with Crippen molar-refractivity contribution in [3.63, 3.8) is 0 Å². The molecule has 1 heterocycles. The van der Waals surface area contributed by atoms with Crippen molar-refractivity contribution in [3.05, 3.63) is 29.1 Å². The third-order valence-corrected chi connectivity index (χ3v) is 2.85. The van der Waals surface area contributed by atoms with Crippen molar-refractivity contribution in [2.75, 3.05) is 5.73 Å². The molecule has 0 spiro atoms. The Balaban J connectivity index is 2.83. The molecule has 0 radical (unpaired) electrons. The molecule has 2 aromatic rings. The third-order valence-electron chi connectivity index (χ3n) is 1.85. The van der Waals surface area contributed by atoms with Crippen molar-refractivity contribution in [1.82, 2.24) is 0 Å². The van der Waals surface area contributed by atoms with Gasteiger partial charge < -0.3 is 5.73 Å². The Labute approximate surface area is 73.6 Å². The molecule has 0 bridgehead atoms. The van der Waals surface area contributed by atoms with Crippen LogP contribution in [-0.4, -0.2) is 0 Å². The van der Waals surface area contributed by atoms with Crippen LogP contribution in [0.4, 0.5) is 10.1 Å². The van der Waals surface area contributed by atoms with Gasteiger partial charge in [0.05, 0.1) is 0 Å². The number of thiophene rings is 1. The van der Waals surface area contributed by atoms with Crippen molar-refractivity contribution in [2.24, 2.45) is 0 Å². The maximum absolute atomic E-state index is 12.4. The number of alkyl halides is 1. The summed E-state index contributed by atoms with van der Waals surface area (Å²) in [5.41, 5.74) is 7.09. The zero-order valence-electron chi connectivity index (χ0n) is 6.38. The first-order valence-electron chi connectivity index (χ1n) is 3.63. The van der Waals surface area contributed by atoms with Crippen LogP contribution >= 0.6 is 11.3 Å². The van der Waals surface area contributed by atoms with Crippen molar-refractivity contribution in [2.45, 2.75) is 6.67 Å². The first kappa shape index (κ1) is 7.55. The minimum Gasteiger partial charge on any atom is -0.398 e. The molecule has 0 amide bonds. The highest BCUT2D eigenvalue weighted by Crippen LogP contribution is 2.30. The van der Waals surface area contributed by atoms with Crippen molar-refractivity contribution in [3.8, 4) is 0 Å². The summed E-state index contributed by atoms with van der Waals surface area (Å²) >= 11 is 1.53. The van der Waals surface area contributed by atoms with Gasteiger partial charge in [-0.3, -0.25) is 0 Å². The molecule has 0 aliphatic heterocycles. The summed E-state index contributed by atoms with van der Waals surface area (Å²) in [7, 11) is 0. The number of halogens is 1. The van der Waals surface area contributed by atoms with E-state index in [4.69, 9.17) is 5.73 Å². The molecule has 1 aromatic heterocycles. The Kier molecular flexibility index (Phi) is 1.73. The van der Waals surface area contributed by atoms with E-state index in [-0.39, 0.29) is 0 Å². The fourth-order valence-electron chi connectivity index (χ4n) is 1.28. The average Bonchev–Trinajstić information content (AvgIpc) is 2.49. The molecule has 0 fully saturated rings. The molecule has 62 valence electrons. The predicted octanol–water partition coefficient (Wildman–Crippen LogP) is 2.95. The first-order chi connectivity index (χ1) is 5.83. The summed E-state index contributed by atoms with van der Waals surface area (Å²) in [6, 6.07) is 5.64. The van der Waals surface area contributed by atoms with E-state index >= 15 is 0 Å². The lowest BCUT2D eigenvalue weighted by atomic mass is 10.1. The standard InChI is InChI=1S/C9H8FNS/c10-4-6-5-12-8-3-1-2-7(11)9(6)8/h1-3,5H,4,11H2. The van der Waals surface area contributed by atoms with Gasteiger partial charge in [0.25, 0.3) is 0 Å². The minimum atomic E-state index is -0.436. The van der Waals surface area contributed by atoms with Gasteiger partial charge >= 0.3 is 0 Å². The molecule has 1 aromatic carbocycles. The Morgan fingerprint density at radius 1 is 1.42 bits per heavy atom. The van der Waals surface area contributed by atoms with Crippen LogP contribution in [0.5, 0.6) is 0 Å². The van der Waals surface area contributed by atoms with Crippen molar-refractivity contribution in [1.29, 1.82) is 0 Å². The van der Waals surface area contributed by atoms with Crippen LogP contribution in [-0.2, 0) is 6.67 Å². The second-order valence-electron chi connectivity index (χ2n) is 2.61. The van der Waals surface area contributed by atoms with Crippen molar-refractivity contribution < 1.29 is 4.39 Å². The fraction of sp³-hybridized carbons (Fsp3) is 0.111. The van der Waals surface area contributed by atoms with E-state index in [1.165, 1.54) is 11.3 Å². The Morgan fingerprint density at radius 2 is 2.25 bits per heavy atom. The third kappa shape index (κ3) is 0.975. The lowest BCUT2D eigenvalue weighted by molar-refractivity contribution is 0.488. The summed E-state index contributed by atoms with van der Waals surface area (Å²) in [5, 5.41) is 2.70. The molecule has 2 rings (SSSR count).